The zero-order valence-corrected chi connectivity index (χ0v) is 25.2. The lowest BCUT2D eigenvalue weighted by Gasteiger charge is -2.31. The fraction of sp³-hybridized carbons (Fsp3) is 0.400. The van der Waals surface area contributed by atoms with Crippen LogP contribution in [0.4, 0.5) is 31.0 Å². The number of hydrogen-bond acceptors (Lipinski definition) is 6. The topological polar surface area (TPSA) is 102 Å². The third-order valence-corrected chi connectivity index (χ3v) is 7.10. The predicted molar refractivity (Wildman–Crippen MR) is 164 cm³/mol. The van der Waals surface area contributed by atoms with Crippen molar-refractivity contribution in [1.82, 2.24) is 25.5 Å². The summed E-state index contributed by atoms with van der Waals surface area (Å²) >= 11 is 0. The smallest absolute Gasteiger partial charge is 0.328 e. The van der Waals surface area contributed by atoms with E-state index in [0.717, 1.165) is 55.1 Å². The summed E-state index contributed by atoms with van der Waals surface area (Å²) in [5.41, 5.74) is 2.38. The molecule has 226 valence electrons. The fourth-order valence-electron chi connectivity index (χ4n) is 4.77. The van der Waals surface area contributed by atoms with Crippen molar-refractivity contribution in [3.63, 3.8) is 0 Å². The molecule has 1 aliphatic heterocycles. The third kappa shape index (κ3) is 7.14. The Morgan fingerprint density at radius 1 is 1.07 bits per heavy atom. The summed E-state index contributed by atoms with van der Waals surface area (Å²) in [6.07, 6.45) is 1.62. The Balaban J connectivity index is 0.00000484. The molecule has 0 radical (unpaired) electrons. The molecular formula is C30H38ClF2N7O2. The SMILES string of the molecule is CCCNC(=O)c1ccc(C)c(-c2nc(NCCCN(CC)CC)nc3c2CNC(=O)N3c2c(F)cccc2F)c1.Cl. The molecule has 0 aliphatic carbocycles. The molecule has 4 rings (SSSR count). The lowest BCUT2D eigenvalue weighted by molar-refractivity contribution is 0.0953. The van der Waals surface area contributed by atoms with Crippen LogP contribution in [0.3, 0.4) is 0 Å². The predicted octanol–water partition coefficient (Wildman–Crippen LogP) is 5.80. The van der Waals surface area contributed by atoms with Crippen LogP contribution in [0.1, 0.15) is 55.1 Å². The summed E-state index contributed by atoms with van der Waals surface area (Å²) in [4.78, 5) is 38.5. The highest BCUT2D eigenvalue weighted by atomic mass is 35.5. The summed E-state index contributed by atoms with van der Waals surface area (Å²) < 4.78 is 29.9. The van der Waals surface area contributed by atoms with Crippen LogP contribution in [0.25, 0.3) is 11.3 Å². The number of aromatic nitrogens is 2. The third-order valence-electron chi connectivity index (χ3n) is 7.10. The van der Waals surface area contributed by atoms with Crippen LogP contribution < -0.4 is 20.9 Å². The summed E-state index contributed by atoms with van der Waals surface area (Å²) in [6.45, 7) is 12.0. The van der Waals surface area contributed by atoms with Gasteiger partial charge in [-0.1, -0.05) is 32.9 Å². The van der Waals surface area contributed by atoms with E-state index in [1.54, 1.807) is 12.1 Å². The minimum absolute atomic E-state index is 0. The largest absolute Gasteiger partial charge is 0.354 e. The summed E-state index contributed by atoms with van der Waals surface area (Å²) in [6, 6.07) is 8.04. The molecule has 9 nitrogen and oxygen atoms in total. The number of hydrogen-bond donors (Lipinski definition) is 3. The minimum atomic E-state index is -0.896. The molecule has 3 aromatic rings. The number of rotatable bonds is 12. The highest BCUT2D eigenvalue weighted by molar-refractivity contribution is 6.02. The first-order valence-corrected chi connectivity index (χ1v) is 14.1. The van der Waals surface area contributed by atoms with Crippen molar-refractivity contribution in [2.24, 2.45) is 0 Å². The average molecular weight is 602 g/mol. The number of nitrogens with zero attached hydrogens (tertiary/aromatic N) is 4. The Hall–Kier alpha value is -3.83. The Morgan fingerprint density at radius 3 is 2.45 bits per heavy atom. The monoisotopic (exact) mass is 601 g/mol. The standard InChI is InChI=1S/C30H37F2N7O2.ClH/c1-5-14-33-28(40)20-13-12-19(4)21(17-20)25-22-18-35-30(41)39(26-23(31)10-8-11-24(26)32)27(22)37-29(36-25)34-15-9-16-38(6-2)7-3;/h8,10-13,17H,5-7,9,14-16,18H2,1-4H3,(H,33,40)(H,35,41)(H,34,36,37);1H. The van der Waals surface area contributed by atoms with Crippen molar-refractivity contribution in [3.8, 4) is 11.3 Å². The van der Waals surface area contributed by atoms with E-state index in [1.807, 2.05) is 19.9 Å². The summed E-state index contributed by atoms with van der Waals surface area (Å²) in [5.74, 6) is -1.71. The van der Waals surface area contributed by atoms with E-state index >= 15 is 0 Å². The first-order chi connectivity index (χ1) is 19.8. The second-order valence-electron chi connectivity index (χ2n) is 9.86. The van der Waals surface area contributed by atoms with Crippen molar-refractivity contribution in [2.75, 3.05) is 42.9 Å². The van der Waals surface area contributed by atoms with Crippen molar-refractivity contribution in [1.29, 1.82) is 0 Å². The van der Waals surface area contributed by atoms with E-state index in [4.69, 9.17) is 4.98 Å². The lowest BCUT2D eigenvalue weighted by atomic mass is 9.97. The van der Waals surface area contributed by atoms with Gasteiger partial charge >= 0.3 is 6.03 Å². The van der Waals surface area contributed by atoms with Crippen LogP contribution >= 0.6 is 12.4 Å². The maximum atomic E-state index is 15.0. The van der Waals surface area contributed by atoms with Gasteiger partial charge in [0.2, 0.25) is 5.95 Å². The van der Waals surface area contributed by atoms with Crippen LogP contribution in [0.2, 0.25) is 0 Å². The molecule has 42 heavy (non-hydrogen) atoms. The van der Waals surface area contributed by atoms with Gasteiger partial charge in [-0.25, -0.2) is 23.5 Å². The van der Waals surface area contributed by atoms with Gasteiger partial charge in [-0.3, -0.25) is 4.79 Å². The molecule has 12 heteroatoms. The minimum Gasteiger partial charge on any atom is -0.354 e. The quantitative estimate of drug-likeness (QED) is 0.227. The number of fused-ring (bicyclic) bond motifs is 1. The number of anilines is 3. The molecule has 0 spiro atoms. The summed E-state index contributed by atoms with van der Waals surface area (Å²) in [5, 5.41) is 8.82. The summed E-state index contributed by atoms with van der Waals surface area (Å²) in [7, 11) is 0. The lowest BCUT2D eigenvalue weighted by Crippen LogP contribution is -2.43. The zero-order chi connectivity index (χ0) is 29.5. The van der Waals surface area contributed by atoms with Gasteiger partial charge in [0, 0.05) is 29.8 Å². The molecule has 0 unspecified atom stereocenters. The van der Waals surface area contributed by atoms with Gasteiger partial charge in [-0.05, 0) is 69.2 Å². The van der Waals surface area contributed by atoms with Crippen molar-refractivity contribution < 1.29 is 18.4 Å². The van der Waals surface area contributed by atoms with Crippen LogP contribution in [0.5, 0.6) is 0 Å². The number of amides is 3. The molecular weight excluding hydrogens is 564 g/mol. The molecule has 0 atom stereocenters. The van der Waals surface area contributed by atoms with Crippen molar-refractivity contribution in [3.05, 3.63) is 64.7 Å². The normalized spacial score (nSPS) is 12.5. The molecule has 2 aromatic carbocycles. The van der Waals surface area contributed by atoms with Gasteiger partial charge in [0.25, 0.3) is 5.91 Å². The number of para-hydroxylation sites is 1. The average Bonchev–Trinajstić information content (AvgIpc) is 2.96. The van der Waals surface area contributed by atoms with E-state index in [9.17, 15) is 18.4 Å². The number of halogens is 3. The van der Waals surface area contributed by atoms with Crippen molar-refractivity contribution >= 4 is 41.8 Å². The maximum absolute atomic E-state index is 15.0. The fourth-order valence-corrected chi connectivity index (χ4v) is 4.77. The van der Waals surface area contributed by atoms with Gasteiger partial charge in [0.1, 0.15) is 17.3 Å². The molecule has 0 fully saturated rings. The first-order valence-electron chi connectivity index (χ1n) is 14.1. The molecule has 0 saturated carbocycles. The number of carbonyl (C=O) groups excluding carboxylic acids is 2. The van der Waals surface area contributed by atoms with Gasteiger partial charge < -0.3 is 20.9 Å². The Kier molecular flexibility index (Phi) is 11.6. The van der Waals surface area contributed by atoms with Gasteiger partial charge in [0.15, 0.2) is 5.82 Å². The highest BCUT2D eigenvalue weighted by Gasteiger charge is 2.34. The number of aryl methyl sites for hydroxylation is 1. The van der Waals surface area contributed by atoms with Crippen LogP contribution in [0, 0.1) is 18.6 Å². The Labute approximate surface area is 251 Å². The molecule has 3 amide bonds. The van der Waals surface area contributed by atoms with Crippen LogP contribution in [-0.2, 0) is 6.54 Å². The molecule has 1 aliphatic rings. The van der Waals surface area contributed by atoms with Crippen LogP contribution in [0.15, 0.2) is 36.4 Å². The molecule has 0 saturated heterocycles. The van der Waals surface area contributed by atoms with Gasteiger partial charge in [-0.2, -0.15) is 4.98 Å². The Bertz CT molecular complexity index is 1400. The zero-order valence-electron chi connectivity index (χ0n) is 24.4. The van der Waals surface area contributed by atoms with Crippen molar-refractivity contribution in [2.45, 2.75) is 47.1 Å². The number of benzene rings is 2. The highest BCUT2D eigenvalue weighted by Crippen LogP contribution is 2.39. The molecule has 0 bridgehead atoms. The second kappa shape index (κ2) is 14.9. The van der Waals surface area contributed by atoms with E-state index in [-0.39, 0.29) is 36.6 Å². The molecule has 1 aromatic heterocycles. The maximum Gasteiger partial charge on any atom is 0.328 e. The molecule has 2 heterocycles. The van der Waals surface area contributed by atoms with Gasteiger partial charge in [-0.15, -0.1) is 12.4 Å². The first kappa shape index (κ1) is 32.7. The van der Waals surface area contributed by atoms with E-state index in [1.165, 1.54) is 6.07 Å². The van der Waals surface area contributed by atoms with Gasteiger partial charge in [0.05, 0.1) is 12.2 Å². The number of nitrogens with one attached hydrogen (secondary N) is 3. The number of urea groups is 1. The van der Waals surface area contributed by atoms with E-state index < -0.39 is 23.4 Å². The second-order valence-corrected chi connectivity index (χ2v) is 9.86. The van der Waals surface area contributed by atoms with E-state index in [0.29, 0.717) is 35.5 Å². The van der Waals surface area contributed by atoms with Crippen LogP contribution in [-0.4, -0.2) is 59.5 Å². The number of carbonyl (C=O) groups is 2. The Morgan fingerprint density at radius 2 is 1.79 bits per heavy atom. The van der Waals surface area contributed by atoms with E-state index in [2.05, 4.69) is 39.7 Å². The molecule has 3 N–H and O–H groups in total.